The third-order valence-electron chi connectivity index (χ3n) is 3.51. The molecule has 0 atom stereocenters. The number of carbonyl (C=O) groups is 1. The number of benzene rings is 2. The van der Waals surface area contributed by atoms with Gasteiger partial charge in [-0.05, 0) is 42.0 Å². The Kier molecular flexibility index (Phi) is 4.97. The number of rotatable bonds is 4. The first-order valence-corrected chi connectivity index (χ1v) is 8.06. The molecule has 0 bridgehead atoms. The number of pyridine rings is 1. The molecule has 1 heterocycles. The quantitative estimate of drug-likeness (QED) is 0.690. The predicted octanol–water partition coefficient (Wildman–Crippen LogP) is 4.38. The largest absolute Gasteiger partial charge is 0.454 e. The molecule has 0 fully saturated rings. The highest BCUT2D eigenvalue weighted by atomic mass is 35.5. The molecule has 26 heavy (non-hydrogen) atoms. The molecule has 0 spiro atoms. The zero-order chi connectivity index (χ0) is 18.8. The van der Waals surface area contributed by atoms with Gasteiger partial charge in [-0.3, -0.25) is 9.59 Å². The number of hydrogen-bond acceptors (Lipinski definition) is 3. The Morgan fingerprint density at radius 3 is 2.54 bits per heavy atom. The SMILES string of the molecule is NC(=O)c1cc(Cl)cc(-c2cc[nH]c(=O)c2)c1Oc1ccc(F)cc1Cl. The first-order chi connectivity index (χ1) is 12.3. The Balaban J connectivity index is 2.24. The van der Waals surface area contributed by atoms with Crippen molar-refractivity contribution in [1.82, 2.24) is 4.98 Å². The molecular formula is C18H11Cl2FN2O3. The lowest BCUT2D eigenvalue weighted by atomic mass is 10.0. The smallest absolute Gasteiger partial charge is 0.252 e. The number of hydrogen-bond donors (Lipinski definition) is 2. The van der Waals surface area contributed by atoms with E-state index in [-0.39, 0.29) is 32.7 Å². The highest BCUT2D eigenvalue weighted by molar-refractivity contribution is 6.32. The summed E-state index contributed by atoms with van der Waals surface area (Å²) < 4.78 is 19.0. The van der Waals surface area contributed by atoms with Crippen LogP contribution in [0.4, 0.5) is 4.39 Å². The maximum absolute atomic E-state index is 13.3. The van der Waals surface area contributed by atoms with Gasteiger partial charge in [0, 0.05) is 22.8 Å². The van der Waals surface area contributed by atoms with Crippen molar-refractivity contribution >= 4 is 29.1 Å². The van der Waals surface area contributed by atoms with Crippen LogP contribution >= 0.6 is 23.2 Å². The van der Waals surface area contributed by atoms with Gasteiger partial charge in [-0.15, -0.1) is 0 Å². The number of H-pyrrole nitrogens is 1. The van der Waals surface area contributed by atoms with Crippen LogP contribution in [0.2, 0.25) is 10.0 Å². The summed E-state index contributed by atoms with van der Waals surface area (Å²) in [5.41, 5.74) is 5.89. The average molecular weight is 393 g/mol. The molecule has 0 unspecified atom stereocenters. The molecule has 0 aliphatic rings. The van der Waals surface area contributed by atoms with E-state index >= 15 is 0 Å². The maximum atomic E-state index is 13.3. The molecule has 0 radical (unpaired) electrons. The molecule has 1 aromatic heterocycles. The number of amides is 1. The van der Waals surface area contributed by atoms with Crippen molar-refractivity contribution in [3.05, 3.63) is 80.4 Å². The first kappa shape index (κ1) is 18.0. The minimum absolute atomic E-state index is 0.00632. The summed E-state index contributed by atoms with van der Waals surface area (Å²) in [7, 11) is 0. The van der Waals surface area contributed by atoms with E-state index < -0.39 is 11.7 Å². The van der Waals surface area contributed by atoms with Gasteiger partial charge in [-0.2, -0.15) is 0 Å². The van der Waals surface area contributed by atoms with Crippen LogP contribution in [0.3, 0.4) is 0 Å². The second-order valence-corrected chi connectivity index (χ2v) is 6.16. The van der Waals surface area contributed by atoms with Gasteiger partial charge in [0.25, 0.3) is 5.91 Å². The van der Waals surface area contributed by atoms with Gasteiger partial charge in [0.05, 0.1) is 10.6 Å². The summed E-state index contributed by atoms with van der Waals surface area (Å²) in [6.45, 7) is 0. The summed E-state index contributed by atoms with van der Waals surface area (Å²) in [4.78, 5) is 26.0. The van der Waals surface area contributed by atoms with Gasteiger partial charge in [-0.1, -0.05) is 23.2 Å². The Morgan fingerprint density at radius 1 is 1.12 bits per heavy atom. The minimum atomic E-state index is -0.785. The molecule has 5 nitrogen and oxygen atoms in total. The number of primary amides is 1. The molecule has 8 heteroatoms. The summed E-state index contributed by atoms with van der Waals surface area (Å²) >= 11 is 12.1. The molecule has 0 aliphatic carbocycles. The normalized spacial score (nSPS) is 10.6. The van der Waals surface area contributed by atoms with Gasteiger partial charge in [-0.25, -0.2) is 4.39 Å². The molecule has 1 amide bonds. The number of carbonyl (C=O) groups excluding carboxylic acids is 1. The van der Waals surface area contributed by atoms with Crippen LogP contribution < -0.4 is 16.0 Å². The average Bonchev–Trinajstić information content (AvgIpc) is 2.58. The van der Waals surface area contributed by atoms with E-state index in [1.54, 1.807) is 6.07 Å². The van der Waals surface area contributed by atoms with Crippen LogP contribution in [-0.2, 0) is 0 Å². The third kappa shape index (κ3) is 3.71. The second kappa shape index (κ2) is 7.19. The van der Waals surface area contributed by atoms with Crippen molar-refractivity contribution in [2.75, 3.05) is 0 Å². The molecule has 3 N–H and O–H groups in total. The standard InChI is InChI=1S/C18H11Cl2FN2O3/c19-10-6-12(9-3-4-23-16(24)5-9)17(13(7-10)18(22)25)26-15-2-1-11(21)8-14(15)20/h1-8H,(H2,22,25)(H,23,24). The van der Waals surface area contributed by atoms with Crippen molar-refractivity contribution in [2.24, 2.45) is 5.73 Å². The summed E-state index contributed by atoms with van der Waals surface area (Å²) in [5, 5.41) is 0.235. The van der Waals surface area contributed by atoms with E-state index in [2.05, 4.69) is 4.98 Å². The second-order valence-electron chi connectivity index (χ2n) is 5.31. The molecule has 3 rings (SSSR count). The third-order valence-corrected chi connectivity index (χ3v) is 4.02. The summed E-state index contributed by atoms with van der Waals surface area (Å²) in [5.74, 6) is -1.15. The van der Waals surface area contributed by atoms with Crippen molar-refractivity contribution < 1.29 is 13.9 Å². The molecule has 0 aliphatic heterocycles. The Morgan fingerprint density at radius 2 is 1.88 bits per heavy atom. The van der Waals surface area contributed by atoms with E-state index in [4.69, 9.17) is 33.7 Å². The number of ether oxygens (including phenoxy) is 1. The fraction of sp³-hybridized carbons (Fsp3) is 0. The lowest BCUT2D eigenvalue weighted by molar-refractivity contribution is 0.0998. The van der Waals surface area contributed by atoms with E-state index in [1.807, 2.05) is 0 Å². The molecular weight excluding hydrogens is 382 g/mol. The van der Waals surface area contributed by atoms with Crippen LogP contribution in [0.25, 0.3) is 11.1 Å². The molecule has 3 aromatic rings. The van der Waals surface area contributed by atoms with Gasteiger partial charge in [0.1, 0.15) is 17.3 Å². The molecule has 0 saturated heterocycles. The summed E-state index contributed by atoms with van der Waals surface area (Å²) in [6.07, 6.45) is 1.44. The highest BCUT2D eigenvalue weighted by Gasteiger charge is 2.19. The van der Waals surface area contributed by atoms with E-state index in [0.717, 1.165) is 12.1 Å². The van der Waals surface area contributed by atoms with Gasteiger partial charge >= 0.3 is 0 Å². The van der Waals surface area contributed by atoms with E-state index in [9.17, 15) is 14.0 Å². The fourth-order valence-electron chi connectivity index (χ4n) is 2.38. The van der Waals surface area contributed by atoms with Gasteiger partial charge < -0.3 is 15.5 Å². The van der Waals surface area contributed by atoms with Crippen molar-refractivity contribution in [2.45, 2.75) is 0 Å². The van der Waals surface area contributed by atoms with Crippen LogP contribution in [0, 0.1) is 5.82 Å². The molecule has 0 saturated carbocycles. The number of halogens is 3. The fourth-order valence-corrected chi connectivity index (χ4v) is 2.81. The highest BCUT2D eigenvalue weighted by Crippen LogP contribution is 2.40. The van der Waals surface area contributed by atoms with Crippen LogP contribution in [-0.4, -0.2) is 10.9 Å². The maximum Gasteiger partial charge on any atom is 0.252 e. The Labute approximate surface area is 157 Å². The van der Waals surface area contributed by atoms with E-state index in [0.29, 0.717) is 11.1 Å². The van der Waals surface area contributed by atoms with Crippen LogP contribution in [0.15, 0.2) is 53.5 Å². The van der Waals surface area contributed by atoms with Gasteiger partial charge in [0.15, 0.2) is 0 Å². The zero-order valence-corrected chi connectivity index (χ0v) is 14.6. The number of aromatic amines is 1. The van der Waals surface area contributed by atoms with Crippen molar-refractivity contribution in [1.29, 1.82) is 0 Å². The van der Waals surface area contributed by atoms with Crippen molar-refractivity contribution in [3.63, 3.8) is 0 Å². The lowest BCUT2D eigenvalue weighted by Gasteiger charge is -2.16. The van der Waals surface area contributed by atoms with Gasteiger partial charge in [0.2, 0.25) is 5.56 Å². The minimum Gasteiger partial charge on any atom is -0.454 e. The zero-order valence-electron chi connectivity index (χ0n) is 13.1. The Hall–Kier alpha value is -2.83. The van der Waals surface area contributed by atoms with Crippen LogP contribution in [0.5, 0.6) is 11.5 Å². The van der Waals surface area contributed by atoms with Crippen molar-refractivity contribution in [3.8, 4) is 22.6 Å². The first-order valence-electron chi connectivity index (χ1n) is 7.30. The number of aromatic nitrogens is 1. The van der Waals surface area contributed by atoms with E-state index in [1.165, 1.54) is 30.5 Å². The van der Waals surface area contributed by atoms with Crippen LogP contribution in [0.1, 0.15) is 10.4 Å². The molecule has 132 valence electrons. The number of nitrogens with two attached hydrogens (primary N) is 1. The predicted molar refractivity (Wildman–Crippen MR) is 97.5 cm³/mol. The topological polar surface area (TPSA) is 85.2 Å². The molecule has 2 aromatic carbocycles. The Bertz CT molecular complexity index is 1070. The lowest BCUT2D eigenvalue weighted by Crippen LogP contribution is -2.13. The monoisotopic (exact) mass is 392 g/mol. The number of nitrogens with one attached hydrogen (secondary N) is 1. The summed E-state index contributed by atoms with van der Waals surface area (Å²) in [6, 6.07) is 9.34.